The lowest BCUT2D eigenvalue weighted by Gasteiger charge is -2.09. The van der Waals surface area contributed by atoms with Gasteiger partial charge in [-0.1, -0.05) is 30.3 Å². The topological polar surface area (TPSA) is 61.8 Å². The van der Waals surface area contributed by atoms with E-state index in [1.54, 1.807) is 13.3 Å². The summed E-state index contributed by atoms with van der Waals surface area (Å²) >= 11 is 0. The van der Waals surface area contributed by atoms with Gasteiger partial charge in [0.2, 0.25) is 5.78 Å². The molecule has 0 fully saturated rings. The number of aryl methyl sites for hydroxylation is 1. The van der Waals surface area contributed by atoms with Gasteiger partial charge in [0, 0.05) is 30.7 Å². The minimum atomic E-state index is 0.460. The molecule has 0 spiro atoms. The summed E-state index contributed by atoms with van der Waals surface area (Å²) in [7, 11) is 1.63. The largest absolute Gasteiger partial charge is 0.496 e. The summed E-state index contributed by atoms with van der Waals surface area (Å²) in [5.74, 6) is 2.66. The van der Waals surface area contributed by atoms with Gasteiger partial charge in [0.15, 0.2) is 5.76 Å². The third kappa shape index (κ3) is 3.29. The quantitative estimate of drug-likeness (QED) is 0.424. The van der Waals surface area contributed by atoms with Crippen LogP contribution in [-0.4, -0.2) is 21.5 Å². The summed E-state index contributed by atoms with van der Waals surface area (Å²) < 4.78 is 19.5. The Morgan fingerprint density at radius 3 is 2.76 bits per heavy atom. The Balaban J connectivity index is 1.55. The van der Waals surface area contributed by atoms with Crippen molar-refractivity contribution in [3.05, 3.63) is 78.2 Å². The molecule has 5 aromatic rings. The molecule has 0 saturated heterocycles. The highest BCUT2D eigenvalue weighted by atomic mass is 16.5. The molecule has 5 rings (SSSR count). The number of hydrogen-bond acceptors (Lipinski definition) is 5. The van der Waals surface area contributed by atoms with Crippen molar-refractivity contribution in [3.63, 3.8) is 0 Å². The van der Waals surface area contributed by atoms with Crippen molar-refractivity contribution in [2.24, 2.45) is 0 Å². The Morgan fingerprint density at radius 1 is 1.07 bits per heavy atom. The number of fused-ring (bicyclic) bond motifs is 2. The summed E-state index contributed by atoms with van der Waals surface area (Å²) in [6.45, 7) is 2.46. The fourth-order valence-electron chi connectivity index (χ4n) is 3.29. The first-order chi connectivity index (χ1) is 14.2. The van der Waals surface area contributed by atoms with Gasteiger partial charge in [-0.05, 0) is 24.1 Å². The van der Waals surface area contributed by atoms with Crippen LogP contribution in [0.1, 0.15) is 11.1 Å². The second kappa shape index (κ2) is 6.98. The van der Waals surface area contributed by atoms with Gasteiger partial charge >= 0.3 is 0 Å². The van der Waals surface area contributed by atoms with Crippen LogP contribution in [0.15, 0.2) is 71.5 Å². The van der Waals surface area contributed by atoms with E-state index in [9.17, 15) is 0 Å². The first-order valence-corrected chi connectivity index (χ1v) is 9.29. The van der Waals surface area contributed by atoms with Crippen LogP contribution in [0.4, 0.5) is 0 Å². The molecule has 0 amide bonds. The Labute approximate surface area is 167 Å². The SMILES string of the molecule is COc1cc(OCc2ccccc2)c2cc(-c3cn4cc(C)cnc4n3)oc2c1. The molecule has 6 heteroatoms. The number of benzene rings is 2. The maximum Gasteiger partial charge on any atom is 0.234 e. The van der Waals surface area contributed by atoms with Gasteiger partial charge < -0.3 is 13.9 Å². The van der Waals surface area contributed by atoms with Crippen LogP contribution >= 0.6 is 0 Å². The normalized spacial score (nSPS) is 11.2. The summed E-state index contributed by atoms with van der Waals surface area (Å²) in [6, 6.07) is 15.7. The summed E-state index contributed by atoms with van der Waals surface area (Å²) in [6.07, 6.45) is 5.69. The van der Waals surface area contributed by atoms with Crippen molar-refractivity contribution in [3.8, 4) is 23.0 Å². The Bertz CT molecular complexity index is 1310. The molecule has 2 aromatic carbocycles. The fraction of sp³-hybridized carbons (Fsp3) is 0.130. The molecule has 0 aliphatic heterocycles. The number of methoxy groups -OCH3 is 1. The molecule has 0 N–H and O–H groups in total. The number of hydrogen-bond donors (Lipinski definition) is 0. The average molecular weight is 385 g/mol. The van der Waals surface area contributed by atoms with Crippen LogP contribution in [-0.2, 0) is 6.61 Å². The van der Waals surface area contributed by atoms with Crippen molar-refractivity contribution < 1.29 is 13.9 Å². The van der Waals surface area contributed by atoms with E-state index in [0.717, 1.165) is 16.5 Å². The van der Waals surface area contributed by atoms with Gasteiger partial charge in [0.05, 0.1) is 12.5 Å². The minimum Gasteiger partial charge on any atom is -0.496 e. The first-order valence-electron chi connectivity index (χ1n) is 9.29. The molecule has 0 atom stereocenters. The van der Waals surface area contributed by atoms with Gasteiger partial charge in [-0.25, -0.2) is 9.97 Å². The van der Waals surface area contributed by atoms with E-state index in [1.807, 2.05) is 72.2 Å². The highest BCUT2D eigenvalue weighted by Crippen LogP contribution is 2.37. The predicted octanol–water partition coefficient (Wildman–Crippen LogP) is 5.04. The van der Waals surface area contributed by atoms with Gasteiger partial charge in [0.1, 0.15) is 29.4 Å². The summed E-state index contributed by atoms with van der Waals surface area (Å²) in [4.78, 5) is 8.93. The van der Waals surface area contributed by atoms with E-state index in [0.29, 0.717) is 40.9 Å². The minimum absolute atomic E-state index is 0.460. The lowest BCUT2D eigenvalue weighted by Crippen LogP contribution is -1.96. The van der Waals surface area contributed by atoms with E-state index in [4.69, 9.17) is 13.9 Å². The first kappa shape index (κ1) is 17.3. The van der Waals surface area contributed by atoms with E-state index in [1.165, 1.54) is 0 Å². The lowest BCUT2D eigenvalue weighted by atomic mass is 10.2. The third-order valence-electron chi connectivity index (χ3n) is 4.74. The van der Waals surface area contributed by atoms with Crippen LogP contribution in [0.2, 0.25) is 0 Å². The van der Waals surface area contributed by atoms with E-state index < -0.39 is 0 Å². The van der Waals surface area contributed by atoms with Crippen molar-refractivity contribution in [1.82, 2.24) is 14.4 Å². The Hall–Kier alpha value is -3.80. The summed E-state index contributed by atoms with van der Waals surface area (Å²) in [5, 5.41) is 0.873. The number of aromatic nitrogens is 3. The average Bonchev–Trinajstić information content (AvgIpc) is 3.36. The number of ether oxygens (including phenoxy) is 2. The Kier molecular flexibility index (Phi) is 4.17. The number of imidazole rings is 1. The van der Waals surface area contributed by atoms with Gasteiger partial charge in [-0.2, -0.15) is 0 Å². The molecule has 0 saturated carbocycles. The molecule has 3 aromatic heterocycles. The van der Waals surface area contributed by atoms with Gasteiger partial charge in [0.25, 0.3) is 0 Å². The number of furan rings is 1. The second-order valence-electron chi connectivity index (χ2n) is 6.89. The molecule has 6 nitrogen and oxygen atoms in total. The molecule has 3 heterocycles. The molecule has 0 bridgehead atoms. The molecule has 0 aliphatic rings. The highest BCUT2D eigenvalue weighted by Gasteiger charge is 2.16. The van der Waals surface area contributed by atoms with E-state index in [-0.39, 0.29) is 0 Å². The van der Waals surface area contributed by atoms with Crippen LogP contribution in [0, 0.1) is 6.92 Å². The second-order valence-corrected chi connectivity index (χ2v) is 6.89. The number of nitrogens with zero attached hydrogens (tertiary/aromatic N) is 3. The van der Waals surface area contributed by atoms with Crippen molar-refractivity contribution >= 4 is 16.7 Å². The summed E-state index contributed by atoms with van der Waals surface area (Å²) in [5.41, 5.74) is 3.55. The molecule has 0 aliphatic carbocycles. The van der Waals surface area contributed by atoms with Crippen LogP contribution in [0.3, 0.4) is 0 Å². The Morgan fingerprint density at radius 2 is 1.93 bits per heavy atom. The van der Waals surface area contributed by atoms with Crippen molar-refractivity contribution in [1.29, 1.82) is 0 Å². The molecule has 0 radical (unpaired) electrons. The van der Waals surface area contributed by atoms with Crippen LogP contribution < -0.4 is 9.47 Å². The van der Waals surface area contributed by atoms with Crippen molar-refractivity contribution in [2.75, 3.05) is 7.11 Å². The van der Waals surface area contributed by atoms with E-state index >= 15 is 0 Å². The molecule has 144 valence electrons. The lowest BCUT2D eigenvalue weighted by molar-refractivity contribution is 0.307. The molecule has 29 heavy (non-hydrogen) atoms. The van der Waals surface area contributed by atoms with Gasteiger partial charge in [-0.15, -0.1) is 0 Å². The maximum atomic E-state index is 6.09. The van der Waals surface area contributed by atoms with Crippen LogP contribution in [0.5, 0.6) is 11.5 Å². The zero-order chi connectivity index (χ0) is 19.8. The monoisotopic (exact) mass is 385 g/mol. The number of rotatable bonds is 5. The van der Waals surface area contributed by atoms with E-state index in [2.05, 4.69) is 9.97 Å². The third-order valence-corrected chi connectivity index (χ3v) is 4.74. The van der Waals surface area contributed by atoms with Crippen LogP contribution in [0.25, 0.3) is 28.2 Å². The molecular weight excluding hydrogens is 366 g/mol. The van der Waals surface area contributed by atoms with Crippen molar-refractivity contribution in [2.45, 2.75) is 13.5 Å². The van der Waals surface area contributed by atoms with Gasteiger partial charge in [-0.3, -0.25) is 4.40 Å². The maximum absolute atomic E-state index is 6.09. The smallest absolute Gasteiger partial charge is 0.234 e. The predicted molar refractivity (Wildman–Crippen MR) is 110 cm³/mol. The highest BCUT2D eigenvalue weighted by molar-refractivity contribution is 5.89. The molecule has 0 unspecified atom stereocenters. The molecular formula is C23H19N3O3. The zero-order valence-corrected chi connectivity index (χ0v) is 16.1. The zero-order valence-electron chi connectivity index (χ0n) is 16.1. The standard InChI is InChI=1S/C23H19N3O3/c1-15-11-24-23-25-19(13-26(23)12-15)22-10-18-20(8-17(27-2)9-21(18)29-22)28-14-16-6-4-3-5-7-16/h3-13H,14H2,1-2H3. The fourth-order valence-corrected chi connectivity index (χ4v) is 3.29.